The Morgan fingerprint density at radius 2 is 2.00 bits per heavy atom. The van der Waals surface area contributed by atoms with Crippen LogP contribution in [-0.4, -0.2) is 44.4 Å². The van der Waals surface area contributed by atoms with E-state index in [2.05, 4.69) is 5.32 Å². The zero-order chi connectivity index (χ0) is 18.8. The maximum atomic E-state index is 12.9. The quantitative estimate of drug-likeness (QED) is 0.885. The fourth-order valence-corrected chi connectivity index (χ4v) is 4.62. The third-order valence-corrected chi connectivity index (χ3v) is 6.12. The summed E-state index contributed by atoms with van der Waals surface area (Å²) in [6.07, 6.45) is 1.38. The molecule has 1 aliphatic heterocycles. The molecule has 1 fully saturated rings. The summed E-state index contributed by atoms with van der Waals surface area (Å²) in [6, 6.07) is 4.84. The molecule has 0 radical (unpaired) electrons. The van der Waals surface area contributed by atoms with Gasteiger partial charge in [0.05, 0.1) is 17.9 Å². The summed E-state index contributed by atoms with van der Waals surface area (Å²) in [5, 5.41) is 2.95. The van der Waals surface area contributed by atoms with Gasteiger partial charge in [-0.2, -0.15) is 4.31 Å². The van der Waals surface area contributed by atoms with Crippen molar-refractivity contribution >= 4 is 15.9 Å². The van der Waals surface area contributed by atoms with E-state index in [-0.39, 0.29) is 28.8 Å². The van der Waals surface area contributed by atoms with E-state index < -0.39 is 10.0 Å². The van der Waals surface area contributed by atoms with Gasteiger partial charge in [-0.05, 0) is 64.3 Å². The largest absolute Gasteiger partial charge is 0.496 e. The van der Waals surface area contributed by atoms with Crippen LogP contribution in [0.1, 0.15) is 39.2 Å². The predicted molar refractivity (Wildman–Crippen MR) is 97.1 cm³/mol. The molecule has 1 heterocycles. The highest BCUT2D eigenvalue weighted by atomic mass is 32.2. The second-order valence-electron chi connectivity index (χ2n) is 7.57. The maximum Gasteiger partial charge on any atom is 0.243 e. The Hall–Kier alpha value is -1.60. The normalized spacial score (nSPS) is 19.5. The van der Waals surface area contributed by atoms with Gasteiger partial charge in [-0.1, -0.05) is 0 Å². The first-order valence-corrected chi connectivity index (χ1v) is 9.95. The molecule has 0 aromatic heterocycles. The van der Waals surface area contributed by atoms with Crippen LogP contribution < -0.4 is 10.1 Å². The lowest BCUT2D eigenvalue weighted by molar-refractivity contribution is -0.127. The summed E-state index contributed by atoms with van der Waals surface area (Å²) >= 11 is 0. The number of carbonyl (C=O) groups excluding carboxylic acids is 1. The summed E-state index contributed by atoms with van der Waals surface area (Å²) < 4.78 is 32.5. The van der Waals surface area contributed by atoms with E-state index in [1.807, 2.05) is 27.7 Å². The Bertz CT molecular complexity index is 738. The number of nitrogens with one attached hydrogen (secondary N) is 1. The minimum absolute atomic E-state index is 0.0849. The molecular formula is C18H28N2O4S. The second kappa shape index (κ2) is 7.33. The molecule has 2 rings (SSSR count). The zero-order valence-corrected chi connectivity index (χ0v) is 16.4. The lowest BCUT2D eigenvalue weighted by Crippen LogP contribution is -2.49. The van der Waals surface area contributed by atoms with E-state index >= 15 is 0 Å². The molecule has 0 aliphatic carbocycles. The monoisotopic (exact) mass is 368 g/mol. The van der Waals surface area contributed by atoms with Crippen LogP contribution in [0.2, 0.25) is 0 Å². The fraction of sp³-hybridized carbons (Fsp3) is 0.611. The van der Waals surface area contributed by atoms with Crippen LogP contribution in [0.25, 0.3) is 0 Å². The number of hydrogen-bond acceptors (Lipinski definition) is 4. The van der Waals surface area contributed by atoms with E-state index in [4.69, 9.17) is 4.74 Å². The van der Waals surface area contributed by atoms with Crippen LogP contribution in [0.3, 0.4) is 0 Å². The van der Waals surface area contributed by atoms with Crippen molar-refractivity contribution in [2.24, 2.45) is 5.92 Å². The first-order valence-electron chi connectivity index (χ1n) is 8.51. The van der Waals surface area contributed by atoms with Gasteiger partial charge < -0.3 is 10.1 Å². The average molecular weight is 368 g/mol. The van der Waals surface area contributed by atoms with E-state index in [1.165, 1.54) is 4.31 Å². The molecule has 0 bridgehead atoms. The maximum absolute atomic E-state index is 12.9. The number of sulfonamides is 1. The van der Waals surface area contributed by atoms with Gasteiger partial charge in [0, 0.05) is 18.6 Å². The van der Waals surface area contributed by atoms with Crippen LogP contribution in [0.15, 0.2) is 23.1 Å². The van der Waals surface area contributed by atoms with Crippen molar-refractivity contribution in [3.63, 3.8) is 0 Å². The Balaban J connectivity index is 2.19. The van der Waals surface area contributed by atoms with Crippen LogP contribution in [-0.2, 0) is 14.8 Å². The molecule has 1 saturated heterocycles. The first kappa shape index (κ1) is 19.7. The molecule has 7 heteroatoms. The summed E-state index contributed by atoms with van der Waals surface area (Å²) in [4.78, 5) is 12.6. The SMILES string of the molecule is COc1ccc(S(=O)(=O)N2CCC[C@@H](C(=O)NC(C)(C)C)C2)cc1C. The highest BCUT2D eigenvalue weighted by Gasteiger charge is 2.34. The topological polar surface area (TPSA) is 75.7 Å². The standard InChI is InChI=1S/C18H28N2O4S/c1-13-11-15(8-9-16(13)24-5)25(22,23)20-10-6-7-14(12-20)17(21)19-18(2,3)4/h8-9,11,14H,6-7,10,12H2,1-5H3,(H,19,21)/t14-/m1/s1. The number of aryl methyl sites for hydroxylation is 1. The van der Waals surface area contributed by atoms with Crippen LogP contribution in [0, 0.1) is 12.8 Å². The Labute approximate surface area is 150 Å². The van der Waals surface area contributed by atoms with E-state index in [1.54, 1.807) is 25.3 Å². The van der Waals surface area contributed by atoms with Gasteiger partial charge in [0.2, 0.25) is 15.9 Å². The molecule has 1 aromatic rings. The second-order valence-corrected chi connectivity index (χ2v) is 9.51. The molecule has 0 spiro atoms. The third-order valence-electron chi connectivity index (χ3n) is 4.26. The summed E-state index contributed by atoms with van der Waals surface area (Å²) in [6.45, 7) is 8.22. The molecular weight excluding hydrogens is 340 g/mol. The molecule has 0 saturated carbocycles. The molecule has 1 N–H and O–H groups in total. The number of benzene rings is 1. The number of ether oxygens (including phenoxy) is 1. The first-order chi connectivity index (χ1) is 11.5. The lowest BCUT2D eigenvalue weighted by Gasteiger charge is -2.33. The van der Waals surface area contributed by atoms with E-state index in [0.717, 1.165) is 5.56 Å². The summed E-state index contributed by atoms with van der Waals surface area (Å²) in [5.41, 5.74) is 0.438. The smallest absolute Gasteiger partial charge is 0.243 e. The van der Waals surface area contributed by atoms with Crippen LogP contribution >= 0.6 is 0 Å². The van der Waals surface area contributed by atoms with Crippen LogP contribution in [0.5, 0.6) is 5.75 Å². The van der Waals surface area contributed by atoms with Crippen LogP contribution in [0.4, 0.5) is 0 Å². The molecule has 6 nitrogen and oxygen atoms in total. The van der Waals surface area contributed by atoms with Crippen molar-refractivity contribution in [1.82, 2.24) is 9.62 Å². The van der Waals surface area contributed by atoms with Crippen molar-refractivity contribution < 1.29 is 17.9 Å². The Morgan fingerprint density at radius 3 is 2.56 bits per heavy atom. The van der Waals surface area contributed by atoms with Gasteiger partial charge >= 0.3 is 0 Å². The van der Waals surface area contributed by atoms with Crippen molar-refractivity contribution in [3.8, 4) is 5.75 Å². The van der Waals surface area contributed by atoms with Crippen molar-refractivity contribution in [1.29, 1.82) is 0 Å². The van der Waals surface area contributed by atoms with Gasteiger partial charge in [-0.25, -0.2) is 8.42 Å². The lowest BCUT2D eigenvalue weighted by atomic mass is 9.97. The third kappa shape index (κ3) is 4.73. The fourth-order valence-electron chi connectivity index (χ4n) is 3.01. The van der Waals surface area contributed by atoms with Crippen molar-refractivity contribution in [3.05, 3.63) is 23.8 Å². The predicted octanol–water partition coefficient (Wildman–Crippen LogP) is 2.32. The molecule has 140 valence electrons. The number of nitrogens with zero attached hydrogens (tertiary/aromatic N) is 1. The minimum atomic E-state index is -3.62. The van der Waals surface area contributed by atoms with Crippen molar-refractivity contribution in [2.45, 2.75) is 51.0 Å². The summed E-state index contributed by atoms with van der Waals surface area (Å²) in [5.74, 6) is 0.250. The number of carbonyl (C=O) groups is 1. The molecule has 1 amide bonds. The highest BCUT2D eigenvalue weighted by molar-refractivity contribution is 7.89. The highest BCUT2D eigenvalue weighted by Crippen LogP contribution is 2.27. The van der Waals surface area contributed by atoms with Gasteiger partial charge in [0.15, 0.2) is 0 Å². The Morgan fingerprint density at radius 1 is 1.32 bits per heavy atom. The average Bonchev–Trinajstić information content (AvgIpc) is 2.53. The molecule has 1 aromatic carbocycles. The Kier molecular flexibility index (Phi) is 5.79. The molecule has 25 heavy (non-hydrogen) atoms. The van der Waals surface area contributed by atoms with Crippen molar-refractivity contribution in [2.75, 3.05) is 20.2 Å². The van der Waals surface area contributed by atoms with Gasteiger partial charge in [0.1, 0.15) is 5.75 Å². The zero-order valence-electron chi connectivity index (χ0n) is 15.6. The molecule has 0 unspecified atom stereocenters. The number of piperidine rings is 1. The number of methoxy groups -OCH3 is 1. The number of amides is 1. The number of hydrogen-bond donors (Lipinski definition) is 1. The molecule has 1 aliphatic rings. The molecule has 1 atom stereocenters. The minimum Gasteiger partial charge on any atom is -0.496 e. The van der Waals surface area contributed by atoms with Gasteiger partial charge in [-0.15, -0.1) is 0 Å². The van der Waals surface area contributed by atoms with E-state index in [9.17, 15) is 13.2 Å². The number of rotatable bonds is 4. The van der Waals surface area contributed by atoms with E-state index in [0.29, 0.717) is 25.1 Å². The van der Waals surface area contributed by atoms with Gasteiger partial charge in [-0.3, -0.25) is 4.79 Å². The van der Waals surface area contributed by atoms with Gasteiger partial charge in [0.25, 0.3) is 0 Å². The summed E-state index contributed by atoms with van der Waals surface area (Å²) in [7, 11) is -2.07.